The molecule has 0 aliphatic heterocycles. The molecular weight excluding hydrogens is 260 g/mol. The molecule has 2 heterocycles. The second-order valence-electron chi connectivity index (χ2n) is 4.65. The molecule has 3 rings (SSSR count). The highest BCUT2D eigenvalue weighted by molar-refractivity contribution is 6.29. The molecule has 96 valence electrons. The molecule has 5 heteroatoms. The van der Waals surface area contributed by atoms with Crippen LogP contribution in [0.15, 0.2) is 30.3 Å². The van der Waals surface area contributed by atoms with Gasteiger partial charge in [-0.25, -0.2) is 0 Å². The maximum absolute atomic E-state index is 5.92. The van der Waals surface area contributed by atoms with Crippen LogP contribution in [-0.2, 0) is 6.42 Å². The van der Waals surface area contributed by atoms with E-state index in [-0.39, 0.29) is 0 Å². The monoisotopic (exact) mass is 272 g/mol. The molecule has 0 N–H and O–H groups in total. The maximum Gasteiger partial charge on any atom is 0.178 e. The summed E-state index contributed by atoms with van der Waals surface area (Å²) in [5.41, 5.74) is 4.42. The quantitative estimate of drug-likeness (QED) is 0.720. The van der Waals surface area contributed by atoms with Crippen molar-refractivity contribution in [1.29, 1.82) is 0 Å². The van der Waals surface area contributed by atoms with E-state index < -0.39 is 0 Å². The van der Waals surface area contributed by atoms with E-state index >= 15 is 0 Å². The van der Waals surface area contributed by atoms with E-state index in [0.29, 0.717) is 17.2 Å². The Bertz CT molecular complexity index is 748. The van der Waals surface area contributed by atoms with Crippen LogP contribution in [0.2, 0.25) is 5.15 Å². The highest BCUT2D eigenvalue weighted by Crippen LogP contribution is 2.15. The van der Waals surface area contributed by atoms with Gasteiger partial charge in [0.1, 0.15) is 5.15 Å². The Kier molecular flexibility index (Phi) is 2.95. The van der Waals surface area contributed by atoms with E-state index in [1.807, 2.05) is 6.07 Å². The summed E-state index contributed by atoms with van der Waals surface area (Å²) in [7, 11) is 0. The highest BCUT2D eigenvalue weighted by atomic mass is 35.5. The third-order valence-electron chi connectivity index (χ3n) is 3.15. The van der Waals surface area contributed by atoms with Crippen molar-refractivity contribution in [3.63, 3.8) is 0 Å². The summed E-state index contributed by atoms with van der Waals surface area (Å²) >= 11 is 5.92. The Labute approximate surface area is 116 Å². The van der Waals surface area contributed by atoms with Gasteiger partial charge >= 0.3 is 0 Å². The molecule has 0 aliphatic rings. The zero-order valence-corrected chi connectivity index (χ0v) is 11.5. The van der Waals surface area contributed by atoms with Crippen molar-refractivity contribution >= 4 is 17.2 Å². The first-order valence-electron chi connectivity index (χ1n) is 6.06. The number of aryl methyl sites for hydroxylation is 2. The van der Waals surface area contributed by atoms with Crippen LogP contribution in [0.3, 0.4) is 0 Å². The van der Waals surface area contributed by atoms with Crippen molar-refractivity contribution in [3.8, 4) is 0 Å². The van der Waals surface area contributed by atoms with Crippen LogP contribution in [0.5, 0.6) is 0 Å². The molecule has 0 amide bonds. The van der Waals surface area contributed by atoms with Crippen LogP contribution in [0.1, 0.15) is 22.5 Å². The summed E-state index contributed by atoms with van der Waals surface area (Å²) in [5.74, 6) is 0.797. The lowest BCUT2D eigenvalue weighted by atomic mass is 10.0. The molecule has 0 unspecified atom stereocenters. The fourth-order valence-corrected chi connectivity index (χ4v) is 2.22. The smallest absolute Gasteiger partial charge is 0.178 e. The average molecular weight is 273 g/mol. The minimum atomic E-state index is 0.439. The summed E-state index contributed by atoms with van der Waals surface area (Å²) < 4.78 is 1.70. The number of fused-ring (bicyclic) bond motifs is 1. The Morgan fingerprint density at radius 1 is 1.11 bits per heavy atom. The summed E-state index contributed by atoms with van der Waals surface area (Å²) in [4.78, 5) is 0. The first-order chi connectivity index (χ1) is 9.13. The number of hydrogen-bond donors (Lipinski definition) is 0. The van der Waals surface area contributed by atoms with Gasteiger partial charge in [0, 0.05) is 6.42 Å². The largest absolute Gasteiger partial charge is 0.196 e. The van der Waals surface area contributed by atoms with Crippen LogP contribution in [-0.4, -0.2) is 19.8 Å². The van der Waals surface area contributed by atoms with Crippen molar-refractivity contribution in [2.45, 2.75) is 20.3 Å². The first-order valence-corrected chi connectivity index (χ1v) is 6.44. The lowest BCUT2D eigenvalue weighted by molar-refractivity contribution is 0.835. The Morgan fingerprint density at radius 2 is 1.95 bits per heavy atom. The van der Waals surface area contributed by atoms with Crippen molar-refractivity contribution < 1.29 is 0 Å². The molecule has 0 bridgehead atoms. The van der Waals surface area contributed by atoms with Gasteiger partial charge in [-0.05, 0) is 37.1 Å². The molecule has 0 saturated carbocycles. The zero-order chi connectivity index (χ0) is 13.4. The van der Waals surface area contributed by atoms with E-state index in [1.165, 1.54) is 16.7 Å². The molecule has 2 aromatic heterocycles. The van der Waals surface area contributed by atoms with Crippen molar-refractivity contribution in [3.05, 3.63) is 58.0 Å². The van der Waals surface area contributed by atoms with Gasteiger partial charge in [0.15, 0.2) is 11.5 Å². The second kappa shape index (κ2) is 4.63. The standard InChI is InChI=1S/C14H13ClN4/c1-9-3-4-10(2)11(7-9)8-14-17-16-13-6-5-12(15)18-19(13)14/h3-7H,8H2,1-2H3. The number of aromatic nitrogens is 4. The van der Waals surface area contributed by atoms with Gasteiger partial charge in [0.25, 0.3) is 0 Å². The van der Waals surface area contributed by atoms with Crippen molar-refractivity contribution in [2.24, 2.45) is 0 Å². The van der Waals surface area contributed by atoms with E-state index in [1.54, 1.807) is 10.6 Å². The fraction of sp³-hybridized carbons (Fsp3) is 0.214. The lowest BCUT2D eigenvalue weighted by Crippen LogP contribution is -2.01. The maximum atomic E-state index is 5.92. The Balaban J connectivity index is 2.05. The summed E-state index contributed by atoms with van der Waals surface area (Å²) in [6.07, 6.45) is 0.696. The van der Waals surface area contributed by atoms with Crippen molar-refractivity contribution in [1.82, 2.24) is 19.8 Å². The van der Waals surface area contributed by atoms with Crippen LogP contribution < -0.4 is 0 Å². The number of rotatable bonds is 2. The minimum Gasteiger partial charge on any atom is -0.196 e. The predicted octanol–water partition coefficient (Wildman–Crippen LogP) is 2.99. The van der Waals surface area contributed by atoms with Gasteiger partial charge in [0.2, 0.25) is 0 Å². The van der Waals surface area contributed by atoms with E-state index in [4.69, 9.17) is 11.6 Å². The summed E-state index contributed by atoms with van der Waals surface area (Å²) in [6, 6.07) is 9.92. The molecule has 0 aliphatic carbocycles. The fourth-order valence-electron chi connectivity index (χ4n) is 2.08. The van der Waals surface area contributed by atoms with Gasteiger partial charge in [-0.1, -0.05) is 35.4 Å². The normalized spacial score (nSPS) is 11.1. The number of nitrogens with zero attached hydrogens (tertiary/aromatic N) is 4. The molecule has 4 nitrogen and oxygen atoms in total. The highest BCUT2D eigenvalue weighted by Gasteiger charge is 2.09. The van der Waals surface area contributed by atoms with Crippen LogP contribution in [0, 0.1) is 13.8 Å². The topological polar surface area (TPSA) is 43.1 Å². The third kappa shape index (κ3) is 2.31. The molecule has 0 atom stereocenters. The Hall–Kier alpha value is -1.94. The van der Waals surface area contributed by atoms with Gasteiger partial charge in [-0.15, -0.1) is 10.2 Å². The number of hydrogen-bond acceptors (Lipinski definition) is 3. The van der Waals surface area contributed by atoms with Gasteiger partial charge in [-0.2, -0.15) is 9.61 Å². The molecule has 0 fully saturated rings. The molecule has 0 saturated heterocycles. The average Bonchev–Trinajstić information content (AvgIpc) is 2.77. The molecule has 0 radical (unpaired) electrons. The molecule has 0 spiro atoms. The zero-order valence-electron chi connectivity index (χ0n) is 10.8. The van der Waals surface area contributed by atoms with Crippen LogP contribution >= 0.6 is 11.6 Å². The molecule has 3 aromatic rings. The molecular formula is C14H13ClN4. The van der Waals surface area contributed by atoms with Crippen LogP contribution in [0.4, 0.5) is 0 Å². The minimum absolute atomic E-state index is 0.439. The summed E-state index contributed by atoms with van der Waals surface area (Å²) in [5, 5.41) is 13.0. The van der Waals surface area contributed by atoms with Crippen LogP contribution in [0.25, 0.3) is 5.65 Å². The van der Waals surface area contributed by atoms with E-state index in [0.717, 1.165) is 5.82 Å². The van der Waals surface area contributed by atoms with Gasteiger partial charge < -0.3 is 0 Å². The second-order valence-corrected chi connectivity index (χ2v) is 5.04. The van der Waals surface area contributed by atoms with E-state index in [9.17, 15) is 0 Å². The third-order valence-corrected chi connectivity index (χ3v) is 3.35. The molecule has 1 aromatic carbocycles. The first kappa shape index (κ1) is 12.1. The number of halogens is 1. The van der Waals surface area contributed by atoms with Crippen molar-refractivity contribution in [2.75, 3.05) is 0 Å². The number of benzene rings is 1. The molecule has 19 heavy (non-hydrogen) atoms. The van der Waals surface area contributed by atoms with E-state index in [2.05, 4.69) is 47.3 Å². The Morgan fingerprint density at radius 3 is 2.79 bits per heavy atom. The van der Waals surface area contributed by atoms with Gasteiger partial charge in [-0.3, -0.25) is 0 Å². The predicted molar refractivity (Wildman–Crippen MR) is 74.5 cm³/mol. The SMILES string of the molecule is Cc1ccc(C)c(Cc2nnc3ccc(Cl)nn23)c1. The lowest BCUT2D eigenvalue weighted by Gasteiger charge is -2.05. The summed E-state index contributed by atoms with van der Waals surface area (Å²) in [6.45, 7) is 4.18. The van der Waals surface area contributed by atoms with Gasteiger partial charge in [0.05, 0.1) is 0 Å².